The van der Waals surface area contributed by atoms with Crippen molar-refractivity contribution in [2.45, 2.75) is 6.54 Å². The molecule has 0 unspecified atom stereocenters. The Hall–Kier alpha value is -2.47. The Morgan fingerprint density at radius 3 is 2.61 bits per heavy atom. The van der Waals surface area contributed by atoms with Gasteiger partial charge in [-0.25, -0.2) is 0 Å². The van der Waals surface area contributed by atoms with E-state index in [0.717, 1.165) is 11.3 Å². The number of aromatic nitrogens is 1. The molecule has 0 saturated carbocycles. The van der Waals surface area contributed by atoms with E-state index in [-0.39, 0.29) is 5.69 Å². The van der Waals surface area contributed by atoms with E-state index in [2.05, 4.69) is 10.3 Å². The van der Waals surface area contributed by atoms with Gasteiger partial charge in [-0.2, -0.15) is 0 Å². The molecule has 1 aromatic carbocycles. The summed E-state index contributed by atoms with van der Waals surface area (Å²) in [6, 6.07) is 8.73. The van der Waals surface area contributed by atoms with Crippen molar-refractivity contribution in [1.82, 2.24) is 4.98 Å². The quantitative estimate of drug-likeness (QED) is 0.635. The smallest absolute Gasteiger partial charge is 0.295 e. The van der Waals surface area contributed by atoms with E-state index in [9.17, 15) is 10.1 Å². The predicted molar refractivity (Wildman–Crippen MR) is 68.5 cm³/mol. The maximum absolute atomic E-state index is 10.8. The third-order valence-electron chi connectivity index (χ3n) is 2.46. The SMILES string of the molecule is NCc1ccc(Nc2cnccc2[N+](=O)[O-])cc1. The molecule has 0 radical (unpaired) electrons. The highest BCUT2D eigenvalue weighted by atomic mass is 16.6. The predicted octanol–water partition coefficient (Wildman–Crippen LogP) is 2.19. The molecule has 18 heavy (non-hydrogen) atoms. The van der Waals surface area contributed by atoms with Crippen LogP contribution < -0.4 is 11.1 Å². The number of hydrogen-bond donors (Lipinski definition) is 2. The first kappa shape index (κ1) is 12.0. The molecule has 3 N–H and O–H groups in total. The summed E-state index contributed by atoms with van der Waals surface area (Å²) in [4.78, 5) is 14.3. The molecular formula is C12H12N4O2. The zero-order valence-corrected chi connectivity index (χ0v) is 9.54. The van der Waals surface area contributed by atoms with Gasteiger partial charge in [0.2, 0.25) is 0 Å². The number of benzene rings is 1. The average Bonchev–Trinajstić information content (AvgIpc) is 2.40. The molecule has 1 aromatic heterocycles. The fourth-order valence-corrected chi connectivity index (χ4v) is 1.52. The van der Waals surface area contributed by atoms with Gasteiger partial charge in [-0.1, -0.05) is 12.1 Å². The van der Waals surface area contributed by atoms with E-state index < -0.39 is 4.92 Å². The molecule has 0 aliphatic carbocycles. The van der Waals surface area contributed by atoms with Crippen molar-refractivity contribution in [3.63, 3.8) is 0 Å². The molecule has 2 rings (SSSR count). The second-order valence-corrected chi connectivity index (χ2v) is 3.68. The van der Waals surface area contributed by atoms with Crippen LogP contribution in [0, 0.1) is 10.1 Å². The van der Waals surface area contributed by atoms with E-state index in [0.29, 0.717) is 12.2 Å². The largest absolute Gasteiger partial charge is 0.349 e. The van der Waals surface area contributed by atoms with Gasteiger partial charge in [0.15, 0.2) is 0 Å². The molecule has 6 nitrogen and oxygen atoms in total. The van der Waals surface area contributed by atoms with Crippen molar-refractivity contribution in [3.8, 4) is 0 Å². The summed E-state index contributed by atoms with van der Waals surface area (Å²) in [6.07, 6.45) is 2.82. The molecule has 2 aromatic rings. The van der Waals surface area contributed by atoms with Gasteiger partial charge in [0.05, 0.1) is 11.1 Å². The van der Waals surface area contributed by atoms with Gasteiger partial charge >= 0.3 is 0 Å². The van der Waals surface area contributed by atoms with Gasteiger partial charge in [0.1, 0.15) is 5.69 Å². The molecule has 1 heterocycles. The van der Waals surface area contributed by atoms with Crippen molar-refractivity contribution in [3.05, 3.63) is 58.4 Å². The zero-order valence-electron chi connectivity index (χ0n) is 9.54. The number of nitro groups is 1. The first-order chi connectivity index (χ1) is 8.70. The monoisotopic (exact) mass is 244 g/mol. The van der Waals surface area contributed by atoms with Crippen LogP contribution in [0.3, 0.4) is 0 Å². The molecule has 0 spiro atoms. The lowest BCUT2D eigenvalue weighted by Gasteiger charge is -2.06. The van der Waals surface area contributed by atoms with Crippen molar-refractivity contribution in [1.29, 1.82) is 0 Å². The Morgan fingerprint density at radius 2 is 2.00 bits per heavy atom. The van der Waals surface area contributed by atoms with Crippen molar-refractivity contribution >= 4 is 17.1 Å². The van der Waals surface area contributed by atoms with E-state index in [1.807, 2.05) is 24.3 Å². The Kier molecular flexibility index (Phi) is 3.49. The molecule has 0 atom stereocenters. The highest BCUT2D eigenvalue weighted by Crippen LogP contribution is 2.25. The normalized spacial score (nSPS) is 10.1. The number of rotatable bonds is 4. The van der Waals surface area contributed by atoms with E-state index in [1.54, 1.807) is 0 Å². The van der Waals surface area contributed by atoms with Crippen molar-refractivity contribution in [2.75, 3.05) is 5.32 Å². The third-order valence-corrected chi connectivity index (χ3v) is 2.46. The fourth-order valence-electron chi connectivity index (χ4n) is 1.52. The summed E-state index contributed by atoms with van der Waals surface area (Å²) in [6.45, 7) is 0.466. The van der Waals surface area contributed by atoms with E-state index in [4.69, 9.17) is 5.73 Å². The Labute approximate surface area is 104 Å². The standard InChI is InChI=1S/C12H12N4O2/c13-7-9-1-3-10(4-2-9)15-11-8-14-6-5-12(11)16(17)18/h1-6,8,15H,7,13H2. The van der Waals surface area contributed by atoms with Crippen LogP contribution in [0.2, 0.25) is 0 Å². The minimum absolute atomic E-state index is 0.00657. The summed E-state index contributed by atoms with van der Waals surface area (Å²) in [7, 11) is 0. The molecule has 0 bridgehead atoms. The van der Waals surface area contributed by atoms with E-state index in [1.165, 1.54) is 18.5 Å². The van der Waals surface area contributed by atoms with Crippen LogP contribution in [-0.2, 0) is 6.54 Å². The maximum Gasteiger partial charge on any atom is 0.295 e. The van der Waals surface area contributed by atoms with Crippen molar-refractivity contribution in [2.24, 2.45) is 5.73 Å². The Bertz CT molecular complexity index is 554. The number of anilines is 2. The molecule has 6 heteroatoms. The first-order valence-corrected chi connectivity index (χ1v) is 5.35. The number of hydrogen-bond acceptors (Lipinski definition) is 5. The minimum Gasteiger partial charge on any atom is -0.349 e. The fraction of sp³-hybridized carbons (Fsp3) is 0.0833. The number of nitrogens with zero attached hydrogens (tertiary/aromatic N) is 2. The van der Waals surface area contributed by atoms with Crippen LogP contribution in [-0.4, -0.2) is 9.91 Å². The highest BCUT2D eigenvalue weighted by molar-refractivity contribution is 5.68. The van der Waals surface area contributed by atoms with Gasteiger partial charge in [-0.05, 0) is 17.7 Å². The number of nitrogens with two attached hydrogens (primary N) is 1. The molecule has 0 saturated heterocycles. The van der Waals surface area contributed by atoms with Crippen LogP contribution in [0.15, 0.2) is 42.7 Å². The third kappa shape index (κ3) is 2.61. The lowest BCUT2D eigenvalue weighted by molar-refractivity contribution is -0.384. The lowest BCUT2D eigenvalue weighted by Crippen LogP contribution is -1.99. The van der Waals surface area contributed by atoms with Crippen molar-refractivity contribution < 1.29 is 4.92 Å². The summed E-state index contributed by atoms with van der Waals surface area (Å²) in [5.41, 5.74) is 7.61. The van der Waals surface area contributed by atoms with E-state index >= 15 is 0 Å². The highest BCUT2D eigenvalue weighted by Gasteiger charge is 2.12. The summed E-state index contributed by atoms with van der Waals surface area (Å²) >= 11 is 0. The first-order valence-electron chi connectivity index (χ1n) is 5.35. The topological polar surface area (TPSA) is 94.1 Å². The van der Waals surface area contributed by atoms with Crippen LogP contribution in [0.1, 0.15) is 5.56 Å². The van der Waals surface area contributed by atoms with Crippen LogP contribution in [0.4, 0.5) is 17.1 Å². The minimum atomic E-state index is -0.446. The summed E-state index contributed by atoms with van der Waals surface area (Å²) in [5.74, 6) is 0. The second kappa shape index (κ2) is 5.24. The molecule has 0 aliphatic heterocycles. The van der Waals surface area contributed by atoms with Crippen LogP contribution in [0.5, 0.6) is 0 Å². The Morgan fingerprint density at radius 1 is 1.28 bits per heavy atom. The summed E-state index contributed by atoms with van der Waals surface area (Å²) < 4.78 is 0. The molecule has 0 aliphatic rings. The van der Waals surface area contributed by atoms with Gasteiger partial charge in [-0.3, -0.25) is 15.1 Å². The Balaban J connectivity index is 2.25. The van der Waals surface area contributed by atoms with Crippen LogP contribution in [0.25, 0.3) is 0 Å². The molecule has 92 valence electrons. The average molecular weight is 244 g/mol. The number of pyridine rings is 1. The second-order valence-electron chi connectivity index (χ2n) is 3.68. The molecule has 0 fully saturated rings. The van der Waals surface area contributed by atoms with Crippen LogP contribution >= 0.6 is 0 Å². The summed E-state index contributed by atoms with van der Waals surface area (Å²) in [5, 5.41) is 13.8. The zero-order chi connectivity index (χ0) is 13.0. The lowest BCUT2D eigenvalue weighted by atomic mass is 10.2. The maximum atomic E-state index is 10.8. The molecular weight excluding hydrogens is 232 g/mol. The molecule has 0 amide bonds. The van der Waals surface area contributed by atoms with Gasteiger partial charge in [-0.15, -0.1) is 0 Å². The van der Waals surface area contributed by atoms with Gasteiger partial charge in [0, 0.05) is 24.5 Å². The van der Waals surface area contributed by atoms with Gasteiger partial charge < -0.3 is 11.1 Å². The van der Waals surface area contributed by atoms with Gasteiger partial charge in [0.25, 0.3) is 5.69 Å². The number of nitrogens with one attached hydrogen (secondary N) is 1.